The Hall–Kier alpha value is -2.09. The highest BCUT2D eigenvalue weighted by atomic mass is 16.5. The van der Waals surface area contributed by atoms with Crippen molar-refractivity contribution in [2.24, 2.45) is 11.7 Å². The highest BCUT2D eigenvalue weighted by Gasteiger charge is 2.61. The second kappa shape index (κ2) is 3.95. The maximum atomic E-state index is 11.9. The van der Waals surface area contributed by atoms with Crippen LogP contribution in [0, 0.1) is 5.92 Å². The van der Waals surface area contributed by atoms with Gasteiger partial charge in [0.05, 0.1) is 6.04 Å². The average Bonchev–Trinajstić information content (AvgIpc) is 2.69. The van der Waals surface area contributed by atoms with Gasteiger partial charge in [0.25, 0.3) is 0 Å². The maximum absolute atomic E-state index is 11.9. The lowest BCUT2D eigenvalue weighted by Crippen LogP contribution is -2.72. The number of nitrogens with two attached hydrogens (primary N) is 1. The molecule has 0 aromatic rings. The van der Waals surface area contributed by atoms with Crippen LogP contribution in [0.2, 0.25) is 0 Å². The van der Waals surface area contributed by atoms with Crippen molar-refractivity contribution >= 4 is 18.0 Å². The van der Waals surface area contributed by atoms with E-state index in [0.29, 0.717) is 18.5 Å². The zero-order chi connectivity index (χ0) is 13.7. The fourth-order valence-corrected chi connectivity index (χ4v) is 3.23. The van der Waals surface area contributed by atoms with Crippen LogP contribution >= 0.6 is 0 Å². The van der Waals surface area contributed by atoms with Crippen LogP contribution in [0.1, 0.15) is 6.42 Å². The van der Waals surface area contributed by atoms with E-state index in [1.165, 1.54) is 4.90 Å². The minimum atomic E-state index is -1.18. The van der Waals surface area contributed by atoms with Crippen LogP contribution in [0.3, 0.4) is 0 Å². The largest absolute Gasteiger partial charge is 0.477 e. The molecule has 8 heteroatoms. The van der Waals surface area contributed by atoms with Gasteiger partial charge >= 0.3 is 12.1 Å². The van der Waals surface area contributed by atoms with Gasteiger partial charge in [-0.05, 0) is 13.0 Å². The second-order valence-electron chi connectivity index (χ2n) is 4.81. The molecule has 2 amide bonds. The van der Waals surface area contributed by atoms with Gasteiger partial charge in [-0.25, -0.2) is 9.59 Å². The number of hydrogen-bond donors (Lipinski definition) is 3. The first kappa shape index (κ1) is 12.0. The number of aliphatic carboxylic acids is 1. The van der Waals surface area contributed by atoms with Crippen LogP contribution in [-0.4, -0.2) is 53.2 Å². The van der Waals surface area contributed by atoms with Crippen LogP contribution in [0.25, 0.3) is 0 Å². The van der Waals surface area contributed by atoms with E-state index in [1.807, 2.05) is 0 Å². The fourth-order valence-electron chi connectivity index (χ4n) is 3.23. The Morgan fingerprint density at radius 1 is 1.53 bits per heavy atom. The van der Waals surface area contributed by atoms with Crippen molar-refractivity contribution in [3.8, 4) is 0 Å². The van der Waals surface area contributed by atoms with E-state index in [2.05, 4.69) is 5.32 Å². The second-order valence-corrected chi connectivity index (χ2v) is 4.81. The molecule has 2 saturated heterocycles. The Labute approximate surface area is 108 Å². The molecular formula is C11H13N3O5. The molecule has 8 nitrogen and oxygen atoms in total. The topological polar surface area (TPSA) is 122 Å². The first-order chi connectivity index (χ1) is 9.02. The standard InChI is InChI=1S/C11H13N3O5/c12-11(18)19-3-5-4-1-2-13-6-7(4)14(9(6)15)8(5)10(16)17/h4,6-7,13H,1-3H2,(H2,12,18)(H,16,17)/t4?,6-,7+/m0/s1. The number of amides is 2. The molecule has 0 saturated carbocycles. The van der Waals surface area contributed by atoms with Gasteiger partial charge < -0.3 is 20.9 Å². The van der Waals surface area contributed by atoms with Crippen molar-refractivity contribution in [3.63, 3.8) is 0 Å². The highest BCUT2D eigenvalue weighted by Crippen LogP contribution is 2.46. The van der Waals surface area contributed by atoms with E-state index in [9.17, 15) is 19.5 Å². The van der Waals surface area contributed by atoms with Gasteiger partial charge in [-0.2, -0.15) is 0 Å². The summed E-state index contributed by atoms with van der Waals surface area (Å²) in [5.41, 5.74) is 5.33. The van der Waals surface area contributed by atoms with Gasteiger partial charge in [0.2, 0.25) is 5.91 Å². The van der Waals surface area contributed by atoms with Crippen LogP contribution in [0.15, 0.2) is 11.3 Å². The van der Waals surface area contributed by atoms with Crippen molar-refractivity contribution in [1.82, 2.24) is 10.2 Å². The Morgan fingerprint density at radius 3 is 2.89 bits per heavy atom. The number of carbonyl (C=O) groups is 3. The fraction of sp³-hybridized carbons (Fsp3) is 0.545. The summed E-state index contributed by atoms with van der Waals surface area (Å²) in [6, 6.07) is -0.488. The minimum absolute atomic E-state index is 0.0544. The van der Waals surface area contributed by atoms with E-state index < -0.39 is 12.1 Å². The summed E-state index contributed by atoms with van der Waals surface area (Å²) < 4.78 is 4.72. The van der Waals surface area contributed by atoms with Crippen LogP contribution < -0.4 is 11.1 Å². The third-order valence-electron chi connectivity index (χ3n) is 3.94. The third kappa shape index (κ3) is 1.53. The van der Waals surface area contributed by atoms with E-state index in [0.717, 1.165) is 0 Å². The number of carbonyl (C=O) groups excluding carboxylic acids is 2. The lowest BCUT2D eigenvalue weighted by atomic mass is 9.79. The summed E-state index contributed by atoms with van der Waals surface area (Å²) in [7, 11) is 0. The molecule has 4 N–H and O–H groups in total. The quantitative estimate of drug-likeness (QED) is 0.542. The number of hydrogen-bond acceptors (Lipinski definition) is 5. The van der Waals surface area contributed by atoms with Gasteiger partial charge in [0.15, 0.2) is 0 Å². The molecule has 102 valence electrons. The number of nitrogens with one attached hydrogen (secondary N) is 1. The predicted octanol–water partition coefficient (Wildman–Crippen LogP) is -1.38. The lowest BCUT2D eigenvalue weighted by molar-refractivity contribution is -0.154. The van der Waals surface area contributed by atoms with Crippen LogP contribution in [0.5, 0.6) is 0 Å². The van der Waals surface area contributed by atoms with Crippen molar-refractivity contribution < 1.29 is 24.2 Å². The summed E-state index contributed by atoms with van der Waals surface area (Å²) in [6.45, 7) is 0.465. The number of nitrogens with zero attached hydrogens (tertiary/aromatic N) is 1. The number of ether oxygens (including phenoxy) is 1. The number of β-lactam (4-membered cyclic amide) rings is 1. The molecule has 3 atom stereocenters. The van der Waals surface area contributed by atoms with E-state index in [-0.39, 0.29) is 36.2 Å². The molecule has 19 heavy (non-hydrogen) atoms. The Morgan fingerprint density at radius 2 is 2.26 bits per heavy atom. The molecule has 3 rings (SSSR count). The summed E-state index contributed by atoms with van der Waals surface area (Å²) in [6.07, 6.45) is -0.248. The maximum Gasteiger partial charge on any atom is 0.404 e. The molecule has 3 aliphatic heterocycles. The Bertz CT molecular complexity index is 514. The van der Waals surface area contributed by atoms with Crippen LogP contribution in [0.4, 0.5) is 4.79 Å². The first-order valence-electron chi connectivity index (χ1n) is 5.97. The SMILES string of the molecule is NC(=O)OCC1=C(C(=O)O)N2C(=O)[C@H]3NCCC1[C@H]32. The van der Waals surface area contributed by atoms with Gasteiger partial charge in [-0.3, -0.25) is 9.69 Å². The molecule has 0 bridgehead atoms. The van der Waals surface area contributed by atoms with Crippen molar-refractivity contribution in [1.29, 1.82) is 0 Å². The monoisotopic (exact) mass is 267 g/mol. The third-order valence-corrected chi connectivity index (χ3v) is 3.94. The minimum Gasteiger partial charge on any atom is -0.477 e. The Kier molecular flexibility index (Phi) is 2.49. The van der Waals surface area contributed by atoms with Crippen LogP contribution in [-0.2, 0) is 14.3 Å². The molecule has 0 radical (unpaired) electrons. The zero-order valence-corrected chi connectivity index (χ0v) is 9.96. The highest BCUT2D eigenvalue weighted by molar-refractivity contribution is 6.01. The molecule has 3 heterocycles. The predicted molar refractivity (Wildman–Crippen MR) is 60.7 cm³/mol. The molecule has 0 aromatic heterocycles. The number of rotatable bonds is 3. The Balaban J connectivity index is 1.95. The smallest absolute Gasteiger partial charge is 0.404 e. The van der Waals surface area contributed by atoms with Gasteiger partial charge in [-0.15, -0.1) is 0 Å². The number of primary amides is 1. The van der Waals surface area contributed by atoms with Gasteiger partial charge in [0.1, 0.15) is 18.3 Å². The summed E-state index contributed by atoms with van der Waals surface area (Å²) >= 11 is 0. The van der Waals surface area contributed by atoms with E-state index in [4.69, 9.17) is 10.5 Å². The van der Waals surface area contributed by atoms with Gasteiger partial charge in [-0.1, -0.05) is 0 Å². The number of carboxylic acids is 1. The van der Waals surface area contributed by atoms with Crippen molar-refractivity contribution in [3.05, 3.63) is 11.3 Å². The van der Waals surface area contributed by atoms with Crippen molar-refractivity contribution in [2.45, 2.75) is 18.5 Å². The zero-order valence-electron chi connectivity index (χ0n) is 9.96. The normalized spacial score (nSPS) is 31.9. The molecule has 2 fully saturated rings. The van der Waals surface area contributed by atoms with E-state index >= 15 is 0 Å². The van der Waals surface area contributed by atoms with E-state index in [1.54, 1.807) is 0 Å². The summed E-state index contributed by atoms with van der Waals surface area (Å²) in [5, 5.41) is 12.3. The molecule has 0 aromatic carbocycles. The number of piperidine rings is 1. The number of carboxylic acid groups (broad SMARTS) is 1. The molecule has 0 aliphatic carbocycles. The van der Waals surface area contributed by atoms with Gasteiger partial charge in [0, 0.05) is 11.5 Å². The molecule has 0 spiro atoms. The average molecular weight is 267 g/mol. The first-order valence-corrected chi connectivity index (χ1v) is 5.97. The molecule has 3 aliphatic rings. The molecular weight excluding hydrogens is 254 g/mol. The molecule has 1 unspecified atom stereocenters. The lowest BCUT2D eigenvalue weighted by Gasteiger charge is -2.48. The van der Waals surface area contributed by atoms with Crippen molar-refractivity contribution in [2.75, 3.05) is 13.2 Å². The summed E-state index contributed by atoms with van der Waals surface area (Å²) in [4.78, 5) is 35.2. The summed E-state index contributed by atoms with van der Waals surface area (Å²) in [5.74, 6) is -1.49.